The van der Waals surface area contributed by atoms with Crippen LogP contribution in [-0.2, 0) is 44.7 Å². The molecule has 0 saturated heterocycles. The molecule has 10 nitrogen and oxygen atoms in total. The molecular weight excluding hydrogens is 755 g/mol. The zero-order valence-corrected chi connectivity index (χ0v) is 33.5. The Balaban J connectivity index is 0.000000214. The maximum Gasteiger partial charge on any atom is 0.344 e. The van der Waals surface area contributed by atoms with Crippen LogP contribution in [-0.4, -0.2) is 73.8 Å². The van der Waals surface area contributed by atoms with Crippen LogP contribution in [0.3, 0.4) is 0 Å². The minimum absolute atomic E-state index is 0.0832. The van der Waals surface area contributed by atoms with Gasteiger partial charge < -0.3 is 39.8 Å². The van der Waals surface area contributed by atoms with Crippen molar-refractivity contribution in [2.45, 2.75) is 76.7 Å². The SMILES string of the molecule is CCOC(=O)COc1ccc2c(c1)C[C@@H](NC[C@H](O)c1cccc(Cl)c1)CC2.CCOC(=O)COc1ccc2c(c1)C[C@@H](NC[C@H](O)c1cccc(Cl)c1)CC2. The van der Waals surface area contributed by atoms with E-state index < -0.39 is 12.2 Å². The number of hydrogen-bond acceptors (Lipinski definition) is 10. The van der Waals surface area contributed by atoms with E-state index in [4.69, 9.17) is 42.1 Å². The number of halogens is 2. The van der Waals surface area contributed by atoms with Gasteiger partial charge in [0.15, 0.2) is 13.2 Å². The molecule has 0 aliphatic heterocycles. The molecule has 0 bridgehead atoms. The van der Waals surface area contributed by atoms with E-state index in [-0.39, 0.29) is 37.2 Å². The molecule has 12 heteroatoms. The minimum atomic E-state index is -0.598. The van der Waals surface area contributed by atoms with Crippen molar-refractivity contribution in [1.82, 2.24) is 10.6 Å². The first-order valence-electron chi connectivity index (χ1n) is 19.2. The number of aryl methyl sites for hydroxylation is 2. The fraction of sp³-hybridized carbons (Fsp3) is 0.409. The summed E-state index contributed by atoms with van der Waals surface area (Å²) >= 11 is 12.0. The number of carbonyl (C=O) groups is 2. The number of fused-ring (bicyclic) bond motifs is 2. The van der Waals surface area contributed by atoms with Crippen molar-refractivity contribution in [3.63, 3.8) is 0 Å². The van der Waals surface area contributed by atoms with Gasteiger partial charge in [0.1, 0.15) is 11.5 Å². The lowest BCUT2D eigenvalue weighted by Gasteiger charge is -2.27. The first-order valence-corrected chi connectivity index (χ1v) is 20.0. The Morgan fingerprint density at radius 1 is 0.643 bits per heavy atom. The summed E-state index contributed by atoms with van der Waals surface area (Å²) < 4.78 is 20.9. The monoisotopic (exact) mass is 806 g/mol. The van der Waals surface area contributed by atoms with Crippen LogP contribution < -0.4 is 20.1 Å². The number of aliphatic hydroxyl groups excluding tert-OH is 2. The molecule has 6 rings (SSSR count). The number of rotatable bonds is 16. The Morgan fingerprint density at radius 3 is 1.46 bits per heavy atom. The van der Waals surface area contributed by atoms with Gasteiger partial charge in [0.05, 0.1) is 25.4 Å². The summed E-state index contributed by atoms with van der Waals surface area (Å²) in [6.07, 6.45) is 4.48. The van der Waals surface area contributed by atoms with Gasteiger partial charge in [0, 0.05) is 35.2 Å². The molecule has 0 spiro atoms. The summed E-state index contributed by atoms with van der Waals surface area (Å²) in [5.74, 6) is 0.613. The molecule has 0 aromatic heterocycles. The molecule has 2 aliphatic rings. The largest absolute Gasteiger partial charge is 0.482 e. The molecule has 2 aliphatic carbocycles. The van der Waals surface area contributed by atoms with Crippen molar-refractivity contribution in [2.75, 3.05) is 39.5 Å². The van der Waals surface area contributed by atoms with Crippen LogP contribution >= 0.6 is 23.2 Å². The molecule has 0 amide bonds. The summed E-state index contributed by atoms with van der Waals surface area (Å²) in [6, 6.07) is 27.1. The van der Waals surface area contributed by atoms with E-state index in [1.54, 1.807) is 38.1 Å². The molecule has 4 N–H and O–H groups in total. The standard InChI is InChI=1S/2C22H26ClNO4/c2*1-2-27-22(26)14-28-20-9-7-15-6-8-19(11-17(15)12-20)24-13-21(25)16-4-3-5-18(23)10-16/h2*3-5,7,9-10,12,19,21,24-25H,2,6,8,11,13-14H2,1H3/t2*19-,21-/m00/s1. The van der Waals surface area contributed by atoms with Crippen LogP contribution in [0, 0.1) is 0 Å². The van der Waals surface area contributed by atoms with Gasteiger partial charge in [-0.2, -0.15) is 0 Å². The summed E-state index contributed by atoms with van der Waals surface area (Å²) in [5.41, 5.74) is 6.65. The second-order valence-corrected chi connectivity index (χ2v) is 14.8. The van der Waals surface area contributed by atoms with Crippen molar-refractivity contribution in [3.8, 4) is 11.5 Å². The maximum atomic E-state index is 11.5. The molecule has 56 heavy (non-hydrogen) atoms. The van der Waals surface area contributed by atoms with Crippen LogP contribution in [0.1, 0.15) is 72.3 Å². The first-order chi connectivity index (χ1) is 27.1. The molecule has 0 fully saturated rings. The lowest BCUT2D eigenvalue weighted by atomic mass is 9.88. The molecule has 0 saturated carbocycles. The molecule has 0 heterocycles. The van der Waals surface area contributed by atoms with E-state index in [9.17, 15) is 19.8 Å². The molecule has 4 aromatic carbocycles. The van der Waals surface area contributed by atoms with Gasteiger partial charge in [-0.25, -0.2) is 9.59 Å². The van der Waals surface area contributed by atoms with Crippen LogP contribution in [0.4, 0.5) is 0 Å². The van der Waals surface area contributed by atoms with Gasteiger partial charge in [-0.05, 0) is 134 Å². The van der Waals surface area contributed by atoms with Crippen molar-refractivity contribution in [2.24, 2.45) is 0 Å². The van der Waals surface area contributed by atoms with Gasteiger partial charge in [0.25, 0.3) is 0 Å². The number of aliphatic hydroxyl groups is 2. The Hall–Kier alpha value is -4.16. The highest BCUT2D eigenvalue weighted by Crippen LogP contribution is 2.28. The quantitative estimate of drug-likeness (QED) is 0.0884. The average molecular weight is 808 g/mol. The molecular formula is C44H52Cl2N2O8. The fourth-order valence-electron chi connectivity index (χ4n) is 6.90. The summed E-state index contributed by atoms with van der Waals surface area (Å²) in [5, 5.41) is 29.0. The van der Waals surface area contributed by atoms with Crippen molar-refractivity contribution in [3.05, 3.63) is 128 Å². The second-order valence-electron chi connectivity index (χ2n) is 13.9. The third-order valence-corrected chi connectivity index (χ3v) is 10.3. The van der Waals surface area contributed by atoms with Crippen molar-refractivity contribution >= 4 is 35.1 Å². The maximum absolute atomic E-state index is 11.5. The van der Waals surface area contributed by atoms with E-state index >= 15 is 0 Å². The van der Waals surface area contributed by atoms with Crippen LogP contribution in [0.25, 0.3) is 0 Å². The third-order valence-electron chi connectivity index (χ3n) is 9.80. The fourth-order valence-corrected chi connectivity index (χ4v) is 7.30. The predicted molar refractivity (Wildman–Crippen MR) is 218 cm³/mol. The Bertz CT molecular complexity index is 1760. The highest BCUT2D eigenvalue weighted by molar-refractivity contribution is 6.30. The van der Waals surface area contributed by atoms with Crippen molar-refractivity contribution in [1.29, 1.82) is 0 Å². The number of nitrogens with one attached hydrogen (secondary N) is 2. The Kier molecular flexibility index (Phi) is 16.8. The average Bonchev–Trinajstić information content (AvgIpc) is 3.20. The van der Waals surface area contributed by atoms with Gasteiger partial charge in [-0.3, -0.25) is 0 Å². The molecule has 4 atom stereocenters. The van der Waals surface area contributed by atoms with Gasteiger partial charge >= 0.3 is 11.9 Å². The Morgan fingerprint density at radius 2 is 1.07 bits per heavy atom. The number of benzene rings is 4. The Labute approximate surface area is 339 Å². The van der Waals surface area contributed by atoms with Gasteiger partial charge in [0.2, 0.25) is 0 Å². The predicted octanol–water partition coefficient (Wildman–Crippen LogP) is 6.92. The normalized spacial score (nSPS) is 16.9. The minimum Gasteiger partial charge on any atom is -0.482 e. The highest BCUT2D eigenvalue weighted by Gasteiger charge is 2.22. The first kappa shape index (κ1) is 43.0. The number of carbonyl (C=O) groups excluding carboxylic acids is 2. The van der Waals surface area contributed by atoms with Crippen LogP contribution in [0.2, 0.25) is 10.0 Å². The number of ether oxygens (including phenoxy) is 4. The lowest BCUT2D eigenvalue weighted by Crippen LogP contribution is -2.37. The summed E-state index contributed by atoms with van der Waals surface area (Å²) in [4.78, 5) is 22.9. The lowest BCUT2D eigenvalue weighted by molar-refractivity contribution is -0.146. The van der Waals surface area contributed by atoms with E-state index in [0.29, 0.717) is 47.8 Å². The summed E-state index contributed by atoms with van der Waals surface area (Å²) in [6.45, 7) is 5.01. The molecule has 0 radical (unpaired) electrons. The van der Waals surface area contributed by atoms with E-state index in [0.717, 1.165) is 49.7 Å². The zero-order valence-electron chi connectivity index (χ0n) is 32.0. The van der Waals surface area contributed by atoms with Gasteiger partial charge in [-0.1, -0.05) is 59.6 Å². The summed E-state index contributed by atoms with van der Waals surface area (Å²) in [7, 11) is 0. The molecule has 0 unspecified atom stereocenters. The number of hydrogen-bond donors (Lipinski definition) is 4. The number of esters is 2. The topological polar surface area (TPSA) is 136 Å². The van der Waals surface area contributed by atoms with Crippen LogP contribution in [0.15, 0.2) is 84.9 Å². The highest BCUT2D eigenvalue weighted by atomic mass is 35.5. The zero-order chi connectivity index (χ0) is 39.9. The van der Waals surface area contributed by atoms with E-state index in [2.05, 4.69) is 22.8 Å². The smallest absolute Gasteiger partial charge is 0.344 e. The van der Waals surface area contributed by atoms with Crippen LogP contribution in [0.5, 0.6) is 11.5 Å². The molecule has 300 valence electrons. The molecule has 4 aromatic rings. The van der Waals surface area contributed by atoms with E-state index in [1.165, 1.54) is 22.3 Å². The van der Waals surface area contributed by atoms with E-state index in [1.807, 2.05) is 48.5 Å². The second kappa shape index (κ2) is 22.0. The van der Waals surface area contributed by atoms with Crippen molar-refractivity contribution < 1.29 is 38.7 Å². The van der Waals surface area contributed by atoms with Gasteiger partial charge in [-0.15, -0.1) is 0 Å². The third kappa shape index (κ3) is 13.5.